The minimum atomic E-state index is -3.44. The van der Waals surface area contributed by atoms with E-state index in [2.05, 4.69) is 6.92 Å². The second-order valence-corrected chi connectivity index (χ2v) is 7.18. The monoisotopic (exact) mass is 292 g/mol. The molecule has 1 saturated heterocycles. The van der Waals surface area contributed by atoms with E-state index in [-0.39, 0.29) is 0 Å². The molecule has 1 aliphatic rings. The van der Waals surface area contributed by atoms with E-state index in [1.165, 1.54) is 0 Å². The number of carbonyl (C=O) groups is 1. The van der Waals surface area contributed by atoms with Crippen molar-refractivity contribution in [2.45, 2.75) is 70.0 Å². The Hall–Kier alpha value is -0.620. The van der Waals surface area contributed by atoms with Crippen LogP contribution in [0.25, 0.3) is 0 Å². The standard InChI is InChI=1S/C13H24O5S/c1-4-6-7-8-9-11-12(14)18-13(19(3,15)16)10(5-2)17-11/h10-11,13H,4-9H2,1-3H3/t10-,11+,13-/m1/s1. The smallest absolute Gasteiger partial charge is 0.336 e. The molecule has 0 unspecified atom stereocenters. The second kappa shape index (κ2) is 7.24. The topological polar surface area (TPSA) is 69.7 Å². The highest BCUT2D eigenvalue weighted by Crippen LogP contribution is 2.25. The van der Waals surface area contributed by atoms with Crippen LogP contribution in [0.3, 0.4) is 0 Å². The fourth-order valence-electron chi connectivity index (χ4n) is 2.19. The number of unbranched alkanes of at least 4 members (excludes halogenated alkanes) is 3. The maximum Gasteiger partial charge on any atom is 0.336 e. The summed E-state index contributed by atoms with van der Waals surface area (Å²) < 4.78 is 33.8. The van der Waals surface area contributed by atoms with Gasteiger partial charge < -0.3 is 9.47 Å². The summed E-state index contributed by atoms with van der Waals surface area (Å²) >= 11 is 0. The van der Waals surface area contributed by atoms with Gasteiger partial charge in [0.25, 0.3) is 0 Å². The van der Waals surface area contributed by atoms with Gasteiger partial charge in [-0.15, -0.1) is 0 Å². The molecular formula is C13H24O5S. The van der Waals surface area contributed by atoms with Gasteiger partial charge in [-0.1, -0.05) is 39.5 Å². The minimum absolute atomic E-state index is 0.510. The van der Waals surface area contributed by atoms with Crippen LogP contribution in [-0.4, -0.2) is 38.3 Å². The predicted molar refractivity (Wildman–Crippen MR) is 72.4 cm³/mol. The summed E-state index contributed by atoms with van der Waals surface area (Å²) in [6.45, 7) is 3.95. The van der Waals surface area contributed by atoms with E-state index in [9.17, 15) is 13.2 Å². The van der Waals surface area contributed by atoms with Crippen LogP contribution < -0.4 is 0 Å². The lowest BCUT2D eigenvalue weighted by Crippen LogP contribution is -2.49. The molecule has 0 aromatic carbocycles. The molecule has 3 atom stereocenters. The third-order valence-corrected chi connectivity index (χ3v) is 4.53. The fraction of sp³-hybridized carbons (Fsp3) is 0.923. The van der Waals surface area contributed by atoms with Gasteiger partial charge in [0.2, 0.25) is 5.44 Å². The Morgan fingerprint density at radius 3 is 2.37 bits per heavy atom. The van der Waals surface area contributed by atoms with Crippen molar-refractivity contribution in [3.63, 3.8) is 0 Å². The van der Waals surface area contributed by atoms with Crippen LogP contribution in [0.4, 0.5) is 0 Å². The highest BCUT2D eigenvalue weighted by atomic mass is 32.2. The zero-order valence-electron chi connectivity index (χ0n) is 11.9. The van der Waals surface area contributed by atoms with Crippen molar-refractivity contribution in [3.05, 3.63) is 0 Å². The molecule has 0 bridgehead atoms. The number of hydrogen-bond acceptors (Lipinski definition) is 5. The Kier molecular flexibility index (Phi) is 6.26. The van der Waals surface area contributed by atoms with Gasteiger partial charge in [0.05, 0.1) is 0 Å². The van der Waals surface area contributed by atoms with Gasteiger partial charge in [-0.05, 0) is 12.8 Å². The summed E-state index contributed by atoms with van der Waals surface area (Å²) in [6.07, 6.45) is 5.22. The second-order valence-electron chi connectivity index (χ2n) is 5.06. The number of hydrogen-bond donors (Lipinski definition) is 0. The first-order valence-corrected chi connectivity index (χ1v) is 8.90. The molecule has 1 rings (SSSR count). The van der Waals surface area contributed by atoms with Gasteiger partial charge in [0.1, 0.15) is 6.10 Å². The molecule has 0 radical (unpaired) electrons. The maximum atomic E-state index is 11.8. The summed E-state index contributed by atoms with van der Waals surface area (Å²) in [7, 11) is -3.44. The predicted octanol–water partition coefficient (Wildman–Crippen LogP) is 2.05. The molecule has 1 fully saturated rings. The average molecular weight is 292 g/mol. The van der Waals surface area contributed by atoms with Crippen molar-refractivity contribution >= 4 is 15.8 Å². The molecule has 1 aliphatic heterocycles. The van der Waals surface area contributed by atoms with Gasteiger partial charge in [0.15, 0.2) is 15.9 Å². The summed E-state index contributed by atoms with van der Waals surface area (Å²) in [5, 5.41) is 0. The van der Waals surface area contributed by atoms with Crippen LogP contribution in [0.15, 0.2) is 0 Å². The molecule has 0 aromatic rings. The van der Waals surface area contributed by atoms with Crippen molar-refractivity contribution in [2.75, 3.05) is 6.26 Å². The summed E-state index contributed by atoms with van der Waals surface area (Å²) in [5.41, 5.74) is -1.16. The molecule has 5 nitrogen and oxygen atoms in total. The van der Waals surface area contributed by atoms with E-state index in [0.717, 1.165) is 31.9 Å². The first kappa shape index (κ1) is 16.4. The SMILES string of the molecule is CCCCCC[C@@H]1O[C@H](CC)[C@@H](S(C)(=O)=O)OC1=O. The molecule has 0 amide bonds. The number of esters is 1. The van der Waals surface area contributed by atoms with Crippen LogP contribution >= 0.6 is 0 Å². The van der Waals surface area contributed by atoms with E-state index in [1.807, 2.05) is 6.92 Å². The van der Waals surface area contributed by atoms with Crippen molar-refractivity contribution < 1.29 is 22.7 Å². The Labute approximate surface area is 115 Å². The van der Waals surface area contributed by atoms with Crippen molar-refractivity contribution in [1.82, 2.24) is 0 Å². The van der Waals surface area contributed by atoms with Crippen molar-refractivity contribution in [3.8, 4) is 0 Å². The van der Waals surface area contributed by atoms with Gasteiger partial charge in [-0.25, -0.2) is 13.2 Å². The zero-order chi connectivity index (χ0) is 14.5. The number of sulfone groups is 1. The molecule has 0 N–H and O–H groups in total. The Morgan fingerprint density at radius 1 is 1.16 bits per heavy atom. The van der Waals surface area contributed by atoms with Crippen LogP contribution in [0.2, 0.25) is 0 Å². The quantitative estimate of drug-likeness (QED) is 0.530. The number of rotatable bonds is 7. The molecule has 0 spiro atoms. The van der Waals surface area contributed by atoms with Gasteiger partial charge in [-0.2, -0.15) is 0 Å². The van der Waals surface area contributed by atoms with E-state index in [4.69, 9.17) is 9.47 Å². The molecule has 19 heavy (non-hydrogen) atoms. The van der Waals surface area contributed by atoms with E-state index in [1.54, 1.807) is 0 Å². The van der Waals surface area contributed by atoms with Gasteiger partial charge >= 0.3 is 5.97 Å². The van der Waals surface area contributed by atoms with Gasteiger partial charge in [0, 0.05) is 6.26 Å². The van der Waals surface area contributed by atoms with Crippen molar-refractivity contribution in [2.24, 2.45) is 0 Å². The highest BCUT2D eigenvalue weighted by molar-refractivity contribution is 7.91. The lowest BCUT2D eigenvalue weighted by atomic mass is 10.1. The molecule has 112 valence electrons. The first-order valence-electron chi connectivity index (χ1n) is 6.95. The Balaban J connectivity index is 2.58. The number of carbonyl (C=O) groups excluding carboxylic acids is 1. The first-order chi connectivity index (χ1) is 8.90. The molecule has 6 heteroatoms. The Bertz CT molecular complexity index is 390. The number of ether oxygens (including phenoxy) is 2. The molecule has 0 aromatic heterocycles. The molecule has 0 saturated carbocycles. The van der Waals surface area contributed by atoms with Crippen LogP contribution in [0, 0.1) is 0 Å². The third-order valence-electron chi connectivity index (χ3n) is 3.28. The Morgan fingerprint density at radius 2 is 1.84 bits per heavy atom. The highest BCUT2D eigenvalue weighted by Gasteiger charge is 2.42. The summed E-state index contributed by atoms with van der Waals surface area (Å²) in [5.74, 6) is -0.545. The minimum Gasteiger partial charge on any atom is -0.441 e. The third kappa shape index (κ3) is 4.76. The van der Waals surface area contributed by atoms with Crippen LogP contribution in [0.5, 0.6) is 0 Å². The average Bonchev–Trinajstić information content (AvgIpc) is 2.34. The zero-order valence-corrected chi connectivity index (χ0v) is 12.7. The lowest BCUT2D eigenvalue weighted by Gasteiger charge is -2.34. The normalized spacial score (nSPS) is 28.2. The molecule has 1 heterocycles. The molecule has 0 aliphatic carbocycles. The largest absolute Gasteiger partial charge is 0.441 e. The maximum absolute atomic E-state index is 11.8. The van der Waals surface area contributed by atoms with E-state index < -0.39 is 33.5 Å². The molecular weight excluding hydrogens is 268 g/mol. The lowest BCUT2D eigenvalue weighted by molar-refractivity contribution is -0.190. The summed E-state index contributed by atoms with van der Waals surface area (Å²) in [6, 6.07) is 0. The van der Waals surface area contributed by atoms with Crippen LogP contribution in [-0.2, 0) is 24.1 Å². The van der Waals surface area contributed by atoms with E-state index >= 15 is 0 Å². The van der Waals surface area contributed by atoms with E-state index in [0.29, 0.717) is 12.8 Å². The van der Waals surface area contributed by atoms with Gasteiger partial charge in [-0.3, -0.25) is 0 Å². The summed E-state index contributed by atoms with van der Waals surface area (Å²) in [4.78, 5) is 11.8. The fourth-order valence-corrected chi connectivity index (χ4v) is 3.27. The number of cyclic esters (lactones) is 1. The van der Waals surface area contributed by atoms with Crippen LogP contribution in [0.1, 0.15) is 52.4 Å². The van der Waals surface area contributed by atoms with Crippen molar-refractivity contribution in [1.29, 1.82) is 0 Å².